The summed E-state index contributed by atoms with van der Waals surface area (Å²) in [6, 6.07) is 0. The fourth-order valence-corrected chi connectivity index (χ4v) is 1.68. The molecule has 1 aliphatic rings. The Hall–Kier alpha value is -0.700. The van der Waals surface area contributed by atoms with E-state index in [0.717, 1.165) is 18.5 Å². The second-order valence-corrected chi connectivity index (χ2v) is 3.53. The molecule has 0 spiro atoms. The lowest BCUT2D eigenvalue weighted by atomic mass is 10.3. The van der Waals surface area contributed by atoms with Gasteiger partial charge in [0.25, 0.3) is 0 Å². The van der Waals surface area contributed by atoms with E-state index in [2.05, 4.69) is 4.98 Å². The van der Waals surface area contributed by atoms with Crippen LogP contribution in [0.5, 0.6) is 6.08 Å². The summed E-state index contributed by atoms with van der Waals surface area (Å²) in [7, 11) is 0. The van der Waals surface area contributed by atoms with Gasteiger partial charge in [0, 0.05) is 0 Å². The standard InChI is InChI=1S/C9H12ClNO2/c10-5-7-6-12-9(11-7)13-8-3-1-2-4-8/h6,8H,1-5H2. The van der Waals surface area contributed by atoms with Crippen LogP contribution in [0.3, 0.4) is 0 Å². The minimum absolute atomic E-state index is 0.293. The quantitative estimate of drug-likeness (QED) is 0.706. The highest BCUT2D eigenvalue weighted by Crippen LogP contribution is 2.23. The van der Waals surface area contributed by atoms with Crippen LogP contribution >= 0.6 is 11.6 Å². The second kappa shape index (κ2) is 4.01. The zero-order valence-electron chi connectivity index (χ0n) is 7.33. The zero-order valence-corrected chi connectivity index (χ0v) is 8.09. The first-order valence-corrected chi connectivity index (χ1v) is 5.09. The summed E-state index contributed by atoms with van der Waals surface area (Å²) in [6.45, 7) is 0. The van der Waals surface area contributed by atoms with E-state index in [1.54, 1.807) is 0 Å². The van der Waals surface area contributed by atoms with Gasteiger partial charge in [0.05, 0.1) is 11.6 Å². The zero-order chi connectivity index (χ0) is 9.10. The number of alkyl halides is 1. The van der Waals surface area contributed by atoms with Crippen molar-refractivity contribution in [2.75, 3.05) is 0 Å². The van der Waals surface area contributed by atoms with Gasteiger partial charge in [0.2, 0.25) is 0 Å². The number of rotatable bonds is 3. The number of oxazole rings is 1. The highest BCUT2D eigenvalue weighted by Gasteiger charge is 2.18. The third-order valence-electron chi connectivity index (χ3n) is 2.24. The Kier molecular flexibility index (Phi) is 2.74. The van der Waals surface area contributed by atoms with Gasteiger partial charge in [-0.1, -0.05) is 0 Å². The van der Waals surface area contributed by atoms with Crippen molar-refractivity contribution in [1.82, 2.24) is 4.98 Å². The Morgan fingerprint density at radius 1 is 1.54 bits per heavy atom. The van der Waals surface area contributed by atoms with Crippen molar-refractivity contribution >= 4 is 11.6 Å². The van der Waals surface area contributed by atoms with Crippen LogP contribution in [-0.2, 0) is 5.88 Å². The first-order valence-electron chi connectivity index (χ1n) is 4.55. The van der Waals surface area contributed by atoms with E-state index >= 15 is 0 Å². The van der Waals surface area contributed by atoms with Crippen LogP contribution in [0.1, 0.15) is 31.4 Å². The van der Waals surface area contributed by atoms with Gasteiger partial charge in [0.1, 0.15) is 12.4 Å². The first-order chi connectivity index (χ1) is 6.38. The fraction of sp³-hybridized carbons (Fsp3) is 0.667. The Morgan fingerprint density at radius 3 is 2.92 bits per heavy atom. The van der Waals surface area contributed by atoms with Gasteiger partial charge < -0.3 is 9.15 Å². The summed E-state index contributed by atoms with van der Waals surface area (Å²) in [5.41, 5.74) is 0.731. The summed E-state index contributed by atoms with van der Waals surface area (Å²) in [4.78, 5) is 4.07. The SMILES string of the molecule is ClCc1coc(OC2CCCC2)n1. The molecule has 0 bridgehead atoms. The highest BCUT2D eigenvalue weighted by molar-refractivity contribution is 6.16. The molecule has 0 radical (unpaired) electrons. The molecule has 0 unspecified atom stereocenters. The number of halogens is 1. The Morgan fingerprint density at radius 2 is 2.31 bits per heavy atom. The summed E-state index contributed by atoms with van der Waals surface area (Å²) >= 11 is 5.58. The number of hydrogen-bond donors (Lipinski definition) is 0. The molecule has 1 aromatic heterocycles. The van der Waals surface area contributed by atoms with E-state index in [1.165, 1.54) is 19.1 Å². The van der Waals surface area contributed by atoms with Gasteiger partial charge >= 0.3 is 6.08 Å². The molecular formula is C9H12ClNO2. The number of nitrogens with zero attached hydrogens (tertiary/aromatic N) is 1. The third kappa shape index (κ3) is 2.15. The molecule has 0 aliphatic heterocycles. The molecule has 13 heavy (non-hydrogen) atoms. The minimum atomic E-state index is 0.293. The topological polar surface area (TPSA) is 35.3 Å². The molecule has 3 nitrogen and oxygen atoms in total. The highest BCUT2D eigenvalue weighted by atomic mass is 35.5. The normalized spacial score (nSPS) is 17.9. The molecule has 1 saturated carbocycles. The maximum Gasteiger partial charge on any atom is 0.394 e. The van der Waals surface area contributed by atoms with Gasteiger partial charge in [-0.25, -0.2) is 0 Å². The Bertz CT molecular complexity index is 268. The summed E-state index contributed by atoms with van der Waals surface area (Å²) < 4.78 is 10.6. The van der Waals surface area contributed by atoms with Crippen molar-refractivity contribution in [3.63, 3.8) is 0 Å². The van der Waals surface area contributed by atoms with Crippen LogP contribution in [0.25, 0.3) is 0 Å². The van der Waals surface area contributed by atoms with Crippen molar-refractivity contribution in [1.29, 1.82) is 0 Å². The van der Waals surface area contributed by atoms with Crippen LogP contribution in [0.15, 0.2) is 10.7 Å². The summed E-state index contributed by atoms with van der Waals surface area (Å²) in [5, 5.41) is 0. The van der Waals surface area contributed by atoms with Crippen molar-refractivity contribution in [2.24, 2.45) is 0 Å². The molecule has 0 aromatic carbocycles. The molecule has 2 rings (SSSR count). The van der Waals surface area contributed by atoms with Gasteiger partial charge in [-0.05, 0) is 25.7 Å². The van der Waals surface area contributed by atoms with Crippen molar-refractivity contribution in [3.05, 3.63) is 12.0 Å². The van der Waals surface area contributed by atoms with Crippen LogP contribution in [0, 0.1) is 0 Å². The Labute approximate surface area is 82.0 Å². The second-order valence-electron chi connectivity index (χ2n) is 3.26. The van der Waals surface area contributed by atoms with E-state index in [4.69, 9.17) is 20.8 Å². The lowest BCUT2D eigenvalue weighted by Crippen LogP contribution is -2.10. The van der Waals surface area contributed by atoms with E-state index < -0.39 is 0 Å². The number of ether oxygens (including phenoxy) is 1. The fourth-order valence-electron chi connectivity index (χ4n) is 1.55. The summed E-state index contributed by atoms with van der Waals surface area (Å²) in [6.07, 6.45) is 6.90. The predicted octanol–water partition coefficient (Wildman–Crippen LogP) is 2.73. The van der Waals surface area contributed by atoms with Gasteiger partial charge in [-0.3, -0.25) is 0 Å². The molecule has 1 aromatic rings. The molecular weight excluding hydrogens is 190 g/mol. The monoisotopic (exact) mass is 201 g/mol. The average molecular weight is 202 g/mol. The molecule has 72 valence electrons. The molecule has 0 amide bonds. The Balaban J connectivity index is 1.92. The molecule has 1 heterocycles. The molecule has 1 aliphatic carbocycles. The first kappa shape index (κ1) is 8.88. The van der Waals surface area contributed by atoms with E-state index in [1.807, 2.05) is 0 Å². The lowest BCUT2D eigenvalue weighted by Gasteiger charge is -2.07. The van der Waals surface area contributed by atoms with E-state index in [9.17, 15) is 0 Å². The molecule has 1 fully saturated rings. The number of hydrogen-bond acceptors (Lipinski definition) is 3. The van der Waals surface area contributed by atoms with E-state index in [0.29, 0.717) is 18.1 Å². The van der Waals surface area contributed by atoms with Crippen LogP contribution in [-0.4, -0.2) is 11.1 Å². The van der Waals surface area contributed by atoms with E-state index in [-0.39, 0.29) is 0 Å². The smallest absolute Gasteiger partial charge is 0.394 e. The van der Waals surface area contributed by atoms with Crippen LogP contribution < -0.4 is 4.74 Å². The molecule has 0 saturated heterocycles. The van der Waals surface area contributed by atoms with Crippen LogP contribution in [0.2, 0.25) is 0 Å². The van der Waals surface area contributed by atoms with Gasteiger partial charge in [-0.15, -0.1) is 11.6 Å². The average Bonchev–Trinajstić information content (AvgIpc) is 2.76. The van der Waals surface area contributed by atoms with Crippen molar-refractivity contribution in [3.8, 4) is 6.08 Å². The number of aromatic nitrogens is 1. The van der Waals surface area contributed by atoms with Crippen molar-refractivity contribution in [2.45, 2.75) is 37.7 Å². The molecule has 4 heteroatoms. The van der Waals surface area contributed by atoms with Gasteiger partial charge in [0.15, 0.2) is 0 Å². The minimum Gasteiger partial charge on any atom is -0.447 e. The molecule has 0 atom stereocenters. The van der Waals surface area contributed by atoms with Crippen molar-refractivity contribution < 1.29 is 9.15 Å². The predicted molar refractivity (Wildman–Crippen MR) is 48.9 cm³/mol. The lowest BCUT2D eigenvalue weighted by molar-refractivity contribution is 0.152. The van der Waals surface area contributed by atoms with Crippen LogP contribution in [0.4, 0.5) is 0 Å². The largest absolute Gasteiger partial charge is 0.447 e. The third-order valence-corrected chi connectivity index (χ3v) is 2.51. The maximum atomic E-state index is 5.58. The molecule has 0 N–H and O–H groups in total. The summed E-state index contributed by atoms with van der Waals surface area (Å²) in [5.74, 6) is 0.373. The maximum absolute atomic E-state index is 5.58. The van der Waals surface area contributed by atoms with Gasteiger partial charge in [-0.2, -0.15) is 4.98 Å².